The van der Waals surface area contributed by atoms with Crippen LogP contribution >= 0.6 is 0 Å². The minimum Gasteiger partial charge on any atom is -0.494 e. The summed E-state index contributed by atoms with van der Waals surface area (Å²) in [5, 5.41) is 2.33. The zero-order valence-electron chi connectivity index (χ0n) is 10.6. The molecule has 0 bridgehead atoms. The van der Waals surface area contributed by atoms with Crippen LogP contribution in [-0.4, -0.2) is 24.7 Å². The largest absolute Gasteiger partial charge is 0.494 e. The van der Waals surface area contributed by atoms with E-state index in [4.69, 9.17) is 4.74 Å². The van der Waals surface area contributed by atoms with Crippen molar-refractivity contribution >= 4 is 0 Å². The third-order valence-corrected chi connectivity index (χ3v) is 3.12. The lowest BCUT2D eigenvalue weighted by molar-refractivity contribution is 0.150. The Kier molecular flexibility index (Phi) is 4.83. The molecule has 0 atom stereocenters. The van der Waals surface area contributed by atoms with Crippen molar-refractivity contribution in [1.82, 2.24) is 10.4 Å². The van der Waals surface area contributed by atoms with E-state index in [0.717, 1.165) is 32.0 Å². The molecule has 0 unspecified atom stereocenters. The molecule has 0 radical (unpaired) electrons. The predicted molar refractivity (Wildman–Crippen MR) is 69.9 cm³/mol. The molecule has 17 heavy (non-hydrogen) atoms. The van der Waals surface area contributed by atoms with Crippen LogP contribution in [0.3, 0.4) is 0 Å². The van der Waals surface area contributed by atoms with E-state index in [9.17, 15) is 0 Å². The summed E-state index contributed by atoms with van der Waals surface area (Å²) >= 11 is 0. The fourth-order valence-corrected chi connectivity index (χ4v) is 2.20. The Bertz CT molecular complexity index is 335. The van der Waals surface area contributed by atoms with Gasteiger partial charge in [-0.05, 0) is 25.8 Å². The number of para-hydroxylation sites is 1. The Hall–Kier alpha value is -1.06. The molecule has 1 aliphatic heterocycles. The molecule has 94 valence electrons. The number of benzene rings is 1. The van der Waals surface area contributed by atoms with Crippen molar-refractivity contribution in [1.29, 1.82) is 0 Å². The van der Waals surface area contributed by atoms with Crippen LogP contribution in [0.15, 0.2) is 24.3 Å². The Morgan fingerprint density at radius 1 is 1.18 bits per heavy atom. The van der Waals surface area contributed by atoms with Crippen molar-refractivity contribution in [3.8, 4) is 5.75 Å². The Morgan fingerprint density at radius 2 is 1.94 bits per heavy atom. The number of hydrogen-bond donors (Lipinski definition) is 1. The van der Waals surface area contributed by atoms with Crippen molar-refractivity contribution in [3.05, 3.63) is 29.8 Å². The van der Waals surface area contributed by atoms with Crippen LogP contribution in [0.5, 0.6) is 5.75 Å². The molecule has 0 amide bonds. The fourth-order valence-electron chi connectivity index (χ4n) is 2.20. The first-order valence-corrected chi connectivity index (χ1v) is 6.59. The average molecular weight is 234 g/mol. The van der Waals surface area contributed by atoms with Crippen LogP contribution in [0.2, 0.25) is 0 Å². The second-order valence-corrected chi connectivity index (χ2v) is 4.42. The van der Waals surface area contributed by atoms with Crippen LogP contribution in [0.25, 0.3) is 0 Å². The van der Waals surface area contributed by atoms with Gasteiger partial charge in [0, 0.05) is 25.2 Å². The van der Waals surface area contributed by atoms with E-state index in [1.165, 1.54) is 24.8 Å². The third-order valence-electron chi connectivity index (χ3n) is 3.12. The van der Waals surface area contributed by atoms with Gasteiger partial charge in [0.2, 0.25) is 0 Å². The van der Waals surface area contributed by atoms with Gasteiger partial charge in [-0.3, -0.25) is 5.43 Å². The molecule has 0 aliphatic carbocycles. The Labute approximate surface area is 104 Å². The first-order chi connectivity index (χ1) is 8.40. The number of hydrazine groups is 1. The lowest BCUT2D eigenvalue weighted by atomic mass is 10.1. The number of rotatable bonds is 5. The number of hydrogen-bond acceptors (Lipinski definition) is 3. The summed E-state index contributed by atoms with van der Waals surface area (Å²) in [4.78, 5) is 0. The lowest BCUT2D eigenvalue weighted by Gasteiger charge is -2.27. The maximum Gasteiger partial charge on any atom is 0.123 e. The molecule has 3 heteroatoms. The van der Waals surface area contributed by atoms with Crippen LogP contribution in [0, 0.1) is 0 Å². The summed E-state index contributed by atoms with van der Waals surface area (Å²) in [6, 6.07) is 8.25. The maximum atomic E-state index is 5.62. The molecule has 3 nitrogen and oxygen atoms in total. The molecule has 1 aromatic rings. The highest BCUT2D eigenvalue weighted by atomic mass is 16.5. The lowest BCUT2D eigenvalue weighted by Crippen LogP contribution is -2.41. The van der Waals surface area contributed by atoms with Crippen LogP contribution in [0.1, 0.15) is 31.7 Å². The SMILES string of the molecule is CCOc1ccccc1CNN1CCCCC1. The molecule has 0 aromatic heterocycles. The molecule has 0 spiro atoms. The summed E-state index contributed by atoms with van der Waals surface area (Å²) in [5.41, 5.74) is 4.73. The molecule has 1 aromatic carbocycles. The number of ether oxygens (including phenoxy) is 1. The quantitative estimate of drug-likeness (QED) is 0.847. The topological polar surface area (TPSA) is 24.5 Å². The monoisotopic (exact) mass is 234 g/mol. The summed E-state index contributed by atoms with van der Waals surface area (Å²) < 4.78 is 5.62. The standard InChI is InChI=1S/C14H22N2O/c1-2-17-14-9-5-4-8-13(14)12-15-16-10-6-3-7-11-16/h4-5,8-9,15H,2-3,6-7,10-12H2,1H3. The van der Waals surface area contributed by atoms with Gasteiger partial charge < -0.3 is 4.74 Å². The van der Waals surface area contributed by atoms with Gasteiger partial charge in [0.1, 0.15) is 5.75 Å². The Morgan fingerprint density at radius 3 is 2.71 bits per heavy atom. The van der Waals surface area contributed by atoms with E-state index < -0.39 is 0 Å². The van der Waals surface area contributed by atoms with Crippen molar-refractivity contribution < 1.29 is 4.74 Å². The molecule has 1 heterocycles. The van der Waals surface area contributed by atoms with Gasteiger partial charge in [-0.2, -0.15) is 0 Å². The van der Waals surface area contributed by atoms with Gasteiger partial charge in [0.05, 0.1) is 6.61 Å². The molecular formula is C14H22N2O. The van der Waals surface area contributed by atoms with Crippen molar-refractivity contribution in [2.45, 2.75) is 32.7 Å². The van der Waals surface area contributed by atoms with Crippen molar-refractivity contribution in [2.75, 3.05) is 19.7 Å². The minimum absolute atomic E-state index is 0.723. The second-order valence-electron chi connectivity index (χ2n) is 4.42. The second kappa shape index (κ2) is 6.62. The van der Waals surface area contributed by atoms with Gasteiger partial charge in [-0.15, -0.1) is 0 Å². The van der Waals surface area contributed by atoms with Crippen LogP contribution < -0.4 is 10.2 Å². The van der Waals surface area contributed by atoms with E-state index in [1.54, 1.807) is 0 Å². The van der Waals surface area contributed by atoms with Crippen LogP contribution in [0.4, 0.5) is 0 Å². The average Bonchev–Trinajstić information content (AvgIpc) is 2.39. The van der Waals surface area contributed by atoms with Crippen molar-refractivity contribution in [3.63, 3.8) is 0 Å². The highest BCUT2D eigenvalue weighted by molar-refractivity contribution is 5.33. The normalized spacial score (nSPS) is 17.0. The fraction of sp³-hybridized carbons (Fsp3) is 0.571. The van der Waals surface area contributed by atoms with E-state index in [2.05, 4.69) is 22.6 Å². The van der Waals surface area contributed by atoms with Gasteiger partial charge in [-0.1, -0.05) is 24.6 Å². The van der Waals surface area contributed by atoms with Gasteiger partial charge >= 0.3 is 0 Å². The van der Waals surface area contributed by atoms with Crippen molar-refractivity contribution in [2.24, 2.45) is 0 Å². The van der Waals surface area contributed by atoms with Crippen LogP contribution in [-0.2, 0) is 6.54 Å². The van der Waals surface area contributed by atoms with E-state index >= 15 is 0 Å². The van der Waals surface area contributed by atoms with E-state index in [1.807, 2.05) is 19.1 Å². The summed E-state index contributed by atoms with van der Waals surface area (Å²) in [7, 11) is 0. The third kappa shape index (κ3) is 3.72. The van der Waals surface area contributed by atoms with E-state index in [0.29, 0.717) is 0 Å². The summed E-state index contributed by atoms with van der Waals surface area (Å²) in [6.45, 7) is 5.93. The number of piperidine rings is 1. The summed E-state index contributed by atoms with van der Waals surface area (Å²) in [6.07, 6.45) is 3.98. The highest BCUT2D eigenvalue weighted by Gasteiger charge is 2.10. The van der Waals surface area contributed by atoms with Gasteiger partial charge in [0.25, 0.3) is 0 Å². The zero-order chi connectivity index (χ0) is 11.9. The molecule has 1 fully saturated rings. The highest BCUT2D eigenvalue weighted by Crippen LogP contribution is 2.18. The van der Waals surface area contributed by atoms with Gasteiger partial charge in [-0.25, -0.2) is 5.01 Å². The van der Waals surface area contributed by atoms with Gasteiger partial charge in [0.15, 0.2) is 0 Å². The summed E-state index contributed by atoms with van der Waals surface area (Å²) in [5.74, 6) is 1.000. The number of nitrogens with zero attached hydrogens (tertiary/aromatic N) is 1. The maximum absolute atomic E-state index is 5.62. The molecular weight excluding hydrogens is 212 g/mol. The number of nitrogens with one attached hydrogen (secondary N) is 1. The first kappa shape index (κ1) is 12.4. The Balaban J connectivity index is 1.88. The molecule has 1 saturated heterocycles. The first-order valence-electron chi connectivity index (χ1n) is 6.59. The molecule has 0 saturated carbocycles. The molecule has 1 aliphatic rings. The zero-order valence-corrected chi connectivity index (χ0v) is 10.6. The van der Waals surface area contributed by atoms with E-state index in [-0.39, 0.29) is 0 Å². The predicted octanol–water partition coefficient (Wildman–Crippen LogP) is 2.58. The smallest absolute Gasteiger partial charge is 0.123 e. The minimum atomic E-state index is 0.723. The molecule has 1 N–H and O–H groups in total. The molecule has 2 rings (SSSR count).